The predicted octanol–water partition coefficient (Wildman–Crippen LogP) is 1.14. The fourth-order valence-corrected chi connectivity index (χ4v) is 0. The van der Waals surface area contributed by atoms with E-state index in [-0.39, 0.29) is 48.3 Å². The number of rotatable bonds is 0. The van der Waals surface area contributed by atoms with Crippen LogP contribution in [-0.2, 0) is 4.57 Å². The van der Waals surface area contributed by atoms with Crippen molar-refractivity contribution in [1.29, 1.82) is 0 Å². The van der Waals surface area contributed by atoms with Crippen molar-refractivity contribution < 1.29 is 16.5 Å². The van der Waals surface area contributed by atoms with Crippen LogP contribution in [0.2, 0.25) is 0 Å². The summed E-state index contributed by atoms with van der Waals surface area (Å²) >= 11 is 3.97. The Labute approximate surface area is 79.3 Å². The smallest absolute Gasteiger partial charge is 1.00 e. The van der Waals surface area contributed by atoms with Gasteiger partial charge in [0.25, 0.3) is 0 Å². The van der Waals surface area contributed by atoms with Crippen molar-refractivity contribution in [2.45, 2.75) is 0 Å². The molecule has 0 heterocycles. The SMILES string of the molecule is O=P(O)(F)Cl.[H-].[H-].[Sr+2]. The van der Waals surface area contributed by atoms with Gasteiger partial charge in [-0.25, -0.2) is 4.57 Å². The van der Waals surface area contributed by atoms with E-state index in [2.05, 4.69) is 11.2 Å². The second kappa shape index (κ2) is 3.84. The van der Waals surface area contributed by atoms with Gasteiger partial charge in [-0.3, -0.25) is 0 Å². The molecule has 0 aliphatic heterocycles. The van der Waals surface area contributed by atoms with Crippen LogP contribution in [0, 0.1) is 0 Å². The van der Waals surface area contributed by atoms with E-state index in [0.29, 0.717) is 0 Å². The van der Waals surface area contributed by atoms with Crippen molar-refractivity contribution in [3.05, 3.63) is 0 Å². The van der Waals surface area contributed by atoms with Gasteiger partial charge in [-0.1, -0.05) is 0 Å². The molecule has 0 fully saturated rings. The largest absolute Gasteiger partial charge is 2.00 e. The molecule has 0 spiro atoms. The van der Waals surface area contributed by atoms with Crippen molar-refractivity contribution in [2.24, 2.45) is 0 Å². The summed E-state index contributed by atoms with van der Waals surface area (Å²) in [4.78, 5) is 7.18. The first-order valence-corrected chi connectivity index (χ1v) is 3.18. The summed E-state index contributed by atoms with van der Waals surface area (Å²) in [6, 6.07) is 0. The summed E-state index contributed by atoms with van der Waals surface area (Å²) in [5.41, 5.74) is 0. The normalized spacial score (nSPS) is 17.8. The zero-order valence-electron chi connectivity index (χ0n) is 4.77. The van der Waals surface area contributed by atoms with Gasteiger partial charge in [0, 0.05) is 11.2 Å². The zero-order valence-corrected chi connectivity index (χ0v) is 7.89. The zero-order chi connectivity index (χ0) is 4.50. The van der Waals surface area contributed by atoms with Gasteiger partial charge in [0.1, 0.15) is 0 Å². The van der Waals surface area contributed by atoms with Crippen molar-refractivity contribution in [3.8, 4) is 0 Å². The average Bonchev–Trinajstić information content (AvgIpc) is 0.722. The molecule has 1 atom stereocenters. The Morgan fingerprint density at radius 1 is 2.00 bits per heavy atom. The quantitative estimate of drug-likeness (QED) is 0.478. The average molecular weight is 208 g/mol. The van der Waals surface area contributed by atoms with Gasteiger partial charge in [-0.2, -0.15) is 0 Å². The summed E-state index contributed by atoms with van der Waals surface area (Å²) in [6.45, 7) is 0. The van der Waals surface area contributed by atoms with Gasteiger partial charge in [0.15, 0.2) is 0 Å². The summed E-state index contributed by atoms with van der Waals surface area (Å²) < 4.78 is 19.4. The molecule has 36 valence electrons. The third-order valence-corrected chi connectivity index (χ3v) is 0. The monoisotopic (exact) mass is 208 g/mol. The second-order valence-electron chi connectivity index (χ2n) is 0.435. The topological polar surface area (TPSA) is 37.3 Å². The summed E-state index contributed by atoms with van der Waals surface area (Å²) in [5, 5.41) is 0. The summed E-state index contributed by atoms with van der Waals surface area (Å²) in [6.07, 6.45) is 0. The van der Waals surface area contributed by atoms with Crippen LogP contribution in [0.3, 0.4) is 0 Å². The molecular weight excluding hydrogens is 205 g/mol. The minimum Gasteiger partial charge on any atom is -1.00 e. The molecule has 0 saturated carbocycles. The van der Waals surface area contributed by atoms with E-state index in [0.717, 1.165) is 0 Å². The van der Waals surface area contributed by atoms with E-state index in [1.54, 1.807) is 0 Å². The van der Waals surface area contributed by atoms with Crippen LogP contribution in [0.5, 0.6) is 0 Å². The van der Waals surface area contributed by atoms with Crippen LogP contribution in [0.1, 0.15) is 2.85 Å². The van der Waals surface area contributed by atoms with Gasteiger partial charge in [0.2, 0.25) is 0 Å². The van der Waals surface area contributed by atoms with Crippen molar-refractivity contribution in [3.63, 3.8) is 0 Å². The van der Waals surface area contributed by atoms with Crippen molar-refractivity contribution >= 4 is 63.8 Å². The van der Waals surface area contributed by atoms with Crippen LogP contribution in [0.15, 0.2) is 0 Å². The van der Waals surface area contributed by atoms with Crippen LogP contribution >= 0.6 is 18.3 Å². The van der Waals surface area contributed by atoms with Gasteiger partial charge >= 0.3 is 52.5 Å². The molecule has 1 unspecified atom stereocenters. The molecule has 0 aromatic rings. The molecule has 0 rings (SSSR count). The molecular formula is H3ClFO2PSr. The van der Waals surface area contributed by atoms with Gasteiger partial charge in [-0.05, 0) is 0 Å². The Balaban J connectivity index is -0.0000000267. The first-order chi connectivity index (χ1) is 2.00. The van der Waals surface area contributed by atoms with Gasteiger partial charge in [-0.15, -0.1) is 4.20 Å². The molecule has 0 amide bonds. The van der Waals surface area contributed by atoms with Crippen LogP contribution in [0.25, 0.3) is 0 Å². The van der Waals surface area contributed by atoms with E-state index in [1.165, 1.54) is 0 Å². The number of halogens is 2. The maximum absolute atomic E-state index is 10.6. The summed E-state index contributed by atoms with van der Waals surface area (Å²) in [7, 11) is -4.67. The maximum atomic E-state index is 10.6. The predicted molar refractivity (Wildman–Crippen MR) is 24.8 cm³/mol. The molecule has 0 radical (unpaired) electrons. The van der Waals surface area contributed by atoms with Crippen molar-refractivity contribution in [2.75, 3.05) is 0 Å². The third kappa shape index (κ3) is 39.4. The third-order valence-electron chi connectivity index (χ3n) is 0. The second-order valence-corrected chi connectivity index (χ2v) is 2.56. The Kier molecular flexibility index (Phi) is 6.91. The molecule has 0 saturated heterocycles. The van der Waals surface area contributed by atoms with E-state index >= 15 is 0 Å². The molecule has 6 heavy (non-hydrogen) atoms. The standard InChI is InChI=1S/ClFHO2P.Sr.2H/c1-5(2,3)4;;;/h(H,3,4);;;/q;+2;2*-1. The Hall–Kier alpha value is 1.89. The fraction of sp³-hybridized carbons (Fsp3) is 0. The minimum atomic E-state index is -4.67. The van der Waals surface area contributed by atoms with Crippen LogP contribution in [-0.4, -0.2) is 50.4 Å². The number of hydrogen-bond acceptors (Lipinski definition) is 1. The molecule has 2 nitrogen and oxygen atoms in total. The van der Waals surface area contributed by atoms with E-state index in [4.69, 9.17) is 9.46 Å². The van der Waals surface area contributed by atoms with Gasteiger partial charge in [0.05, 0.1) is 0 Å². The maximum Gasteiger partial charge on any atom is 2.00 e. The van der Waals surface area contributed by atoms with E-state index in [9.17, 15) is 4.20 Å². The van der Waals surface area contributed by atoms with E-state index < -0.39 is 7.03 Å². The first kappa shape index (κ1) is 10.8. The Morgan fingerprint density at radius 2 is 2.00 bits per heavy atom. The fourth-order valence-electron chi connectivity index (χ4n) is 0. The first-order valence-electron chi connectivity index (χ1n) is 0.721. The molecule has 0 bridgehead atoms. The minimum absolute atomic E-state index is 0. The molecule has 0 aliphatic carbocycles. The van der Waals surface area contributed by atoms with Gasteiger partial charge < -0.3 is 7.75 Å². The van der Waals surface area contributed by atoms with Crippen LogP contribution < -0.4 is 0 Å². The number of hydrogen-bond donors (Lipinski definition) is 1. The molecule has 0 aliphatic rings. The molecule has 6 heteroatoms. The van der Waals surface area contributed by atoms with Crippen molar-refractivity contribution in [1.82, 2.24) is 0 Å². The molecule has 1 N–H and O–H groups in total. The summed E-state index contributed by atoms with van der Waals surface area (Å²) in [5.74, 6) is 0. The van der Waals surface area contributed by atoms with Crippen LogP contribution in [0.4, 0.5) is 4.20 Å². The Morgan fingerprint density at radius 3 is 2.00 bits per heavy atom. The molecule has 0 aromatic carbocycles. The van der Waals surface area contributed by atoms with E-state index in [1.807, 2.05) is 0 Å². The Bertz CT molecular complexity index is 66.2. The molecule has 0 aromatic heterocycles.